The van der Waals surface area contributed by atoms with Crippen LogP contribution in [0, 0.1) is 0 Å². The largest absolute Gasteiger partial charge is 0.457 e. The normalized spacial score (nSPS) is 18.4. The fourth-order valence-corrected chi connectivity index (χ4v) is 4.95. The van der Waals surface area contributed by atoms with Gasteiger partial charge in [-0.1, -0.05) is 37.3 Å². The number of para-hydroxylation sites is 2. The highest BCUT2D eigenvalue weighted by Gasteiger charge is 2.35. The average Bonchev–Trinajstić information content (AvgIpc) is 3.00. The Morgan fingerprint density at radius 3 is 2.46 bits per heavy atom. The molecule has 0 aliphatic carbocycles. The Labute approximate surface area is 154 Å². The van der Waals surface area contributed by atoms with Crippen molar-refractivity contribution in [2.24, 2.45) is 0 Å². The number of carbonyl (C=O) groups excluding carboxylic acids is 1. The first-order valence-corrected chi connectivity index (χ1v) is 10.7. The van der Waals surface area contributed by atoms with Crippen LogP contribution in [0.25, 0.3) is 0 Å². The fourth-order valence-electron chi connectivity index (χ4n) is 3.21. The second-order valence-corrected chi connectivity index (χ2v) is 8.70. The zero-order chi connectivity index (χ0) is 18.6. The third-order valence-corrected chi connectivity index (χ3v) is 6.21. The molecule has 6 heteroatoms. The molecule has 1 aliphatic rings. The molecule has 0 bridgehead atoms. The van der Waals surface area contributed by atoms with Crippen molar-refractivity contribution in [3.05, 3.63) is 60.2 Å². The van der Waals surface area contributed by atoms with Crippen molar-refractivity contribution < 1.29 is 17.9 Å². The number of amides is 1. The van der Waals surface area contributed by atoms with Crippen molar-refractivity contribution in [3.8, 4) is 11.5 Å². The zero-order valence-electron chi connectivity index (χ0n) is 14.8. The molecule has 3 rings (SSSR count). The van der Waals surface area contributed by atoms with Crippen LogP contribution in [0.5, 0.6) is 11.5 Å². The number of hydrogen-bond acceptors (Lipinski definition) is 4. The average molecular weight is 373 g/mol. The highest BCUT2D eigenvalue weighted by molar-refractivity contribution is 7.91. The second-order valence-electron chi connectivity index (χ2n) is 6.47. The summed E-state index contributed by atoms with van der Waals surface area (Å²) in [7, 11) is -3.06. The predicted molar refractivity (Wildman–Crippen MR) is 101 cm³/mol. The molecule has 0 N–H and O–H groups in total. The van der Waals surface area contributed by atoms with Crippen LogP contribution in [0.3, 0.4) is 0 Å². The van der Waals surface area contributed by atoms with Crippen LogP contribution in [-0.4, -0.2) is 43.3 Å². The topological polar surface area (TPSA) is 63.7 Å². The van der Waals surface area contributed by atoms with E-state index in [1.807, 2.05) is 43.3 Å². The molecular weight excluding hydrogens is 350 g/mol. The van der Waals surface area contributed by atoms with E-state index in [1.54, 1.807) is 23.1 Å². The lowest BCUT2D eigenvalue weighted by molar-refractivity contribution is 0.0694. The number of ether oxygens (including phenoxy) is 1. The molecule has 138 valence electrons. The number of sulfone groups is 1. The molecule has 0 saturated carbocycles. The summed E-state index contributed by atoms with van der Waals surface area (Å²) in [6, 6.07) is 16.1. The lowest BCUT2D eigenvalue weighted by Crippen LogP contribution is -2.41. The number of rotatable bonds is 6. The van der Waals surface area contributed by atoms with Crippen LogP contribution < -0.4 is 4.74 Å². The first kappa shape index (κ1) is 18.5. The first-order valence-electron chi connectivity index (χ1n) is 8.83. The van der Waals surface area contributed by atoms with E-state index in [-0.39, 0.29) is 23.5 Å². The maximum atomic E-state index is 13.2. The quantitative estimate of drug-likeness (QED) is 0.777. The van der Waals surface area contributed by atoms with Gasteiger partial charge in [0.1, 0.15) is 11.5 Å². The minimum absolute atomic E-state index is 0.0421. The van der Waals surface area contributed by atoms with Crippen LogP contribution in [0.15, 0.2) is 54.6 Å². The smallest absolute Gasteiger partial charge is 0.257 e. The third-order valence-electron chi connectivity index (χ3n) is 4.46. The highest BCUT2D eigenvalue weighted by atomic mass is 32.2. The summed E-state index contributed by atoms with van der Waals surface area (Å²) < 4.78 is 29.6. The zero-order valence-corrected chi connectivity index (χ0v) is 15.6. The highest BCUT2D eigenvalue weighted by Crippen LogP contribution is 2.28. The molecule has 1 amide bonds. The SMILES string of the molecule is CCCN(C(=O)c1ccccc1Oc1ccccc1)[C@@H]1CCS(=O)(=O)C1. The maximum absolute atomic E-state index is 13.2. The Bertz CT molecular complexity index is 864. The monoisotopic (exact) mass is 373 g/mol. The molecule has 0 spiro atoms. The van der Waals surface area contributed by atoms with Crippen LogP contribution in [0.2, 0.25) is 0 Å². The molecule has 1 fully saturated rings. The van der Waals surface area contributed by atoms with Gasteiger partial charge in [0.15, 0.2) is 9.84 Å². The Morgan fingerprint density at radius 1 is 1.12 bits per heavy atom. The summed E-state index contributed by atoms with van der Waals surface area (Å²) in [5.74, 6) is 1.14. The molecule has 5 nitrogen and oxygen atoms in total. The molecule has 2 aromatic rings. The van der Waals surface area contributed by atoms with Gasteiger partial charge in [0, 0.05) is 12.6 Å². The summed E-state index contributed by atoms with van der Waals surface area (Å²) in [6.07, 6.45) is 1.26. The van der Waals surface area contributed by atoms with E-state index in [2.05, 4.69) is 0 Å². The van der Waals surface area contributed by atoms with Gasteiger partial charge in [-0.3, -0.25) is 4.79 Å². The van der Waals surface area contributed by atoms with E-state index >= 15 is 0 Å². The van der Waals surface area contributed by atoms with Crippen molar-refractivity contribution in [1.29, 1.82) is 0 Å². The second kappa shape index (κ2) is 7.91. The Kier molecular flexibility index (Phi) is 5.61. The van der Waals surface area contributed by atoms with Gasteiger partial charge in [-0.15, -0.1) is 0 Å². The van der Waals surface area contributed by atoms with Gasteiger partial charge in [0.25, 0.3) is 5.91 Å². The van der Waals surface area contributed by atoms with Crippen LogP contribution in [-0.2, 0) is 9.84 Å². The first-order chi connectivity index (χ1) is 12.5. The van der Waals surface area contributed by atoms with Crippen molar-refractivity contribution in [2.45, 2.75) is 25.8 Å². The molecule has 2 aromatic carbocycles. The molecule has 1 heterocycles. The summed E-state index contributed by atoms with van der Waals surface area (Å²) in [6.45, 7) is 2.51. The van der Waals surface area contributed by atoms with E-state index in [1.165, 1.54) is 0 Å². The molecule has 1 aliphatic heterocycles. The summed E-state index contributed by atoms with van der Waals surface area (Å²) >= 11 is 0. The van der Waals surface area contributed by atoms with Crippen LogP contribution in [0.1, 0.15) is 30.1 Å². The molecular formula is C20H23NO4S. The van der Waals surface area contributed by atoms with Gasteiger partial charge in [0.05, 0.1) is 17.1 Å². The van der Waals surface area contributed by atoms with Crippen molar-refractivity contribution in [2.75, 3.05) is 18.1 Å². The maximum Gasteiger partial charge on any atom is 0.257 e. The Hall–Kier alpha value is -2.34. The van der Waals surface area contributed by atoms with Crippen molar-refractivity contribution in [3.63, 3.8) is 0 Å². The molecule has 0 unspecified atom stereocenters. The van der Waals surface area contributed by atoms with E-state index in [4.69, 9.17) is 4.74 Å². The van der Waals surface area contributed by atoms with Crippen LogP contribution >= 0.6 is 0 Å². The van der Waals surface area contributed by atoms with Gasteiger partial charge in [-0.05, 0) is 37.1 Å². The summed E-state index contributed by atoms with van der Waals surface area (Å²) in [5.41, 5.74) is 0.453. The molecule has 0 aromatic heterocycles. The van der Waals surface area contributed by atoms with E-state index in [0.717, 1.165) is 6.42 Å². The number of nitrogens with zero attached hydrogens (tertiary/aromatic N) is 1. The predicted octanol–water partition coefficient (Wildman–Crippen LogP) is 3.52. The van der Waals surface area contributed by atoms with Crippen LogP contribution in [0.4, 0.5) is 0 Å². The third kappa shape index (κ3) is 4.25. The standard InChI is InChI=1S/C20H23NO4S/c1-2-13-21(16-12-14-26(23,24)15-16)20(22)18-10-6-7-11-19(18)25-17-8-4-3-5-9-17/h3-11,16H,2,12-15H2,1H3/t16-/m1/s1. The van der Waals surface area contributed by atoms with E-state index < -0.39 is 9.84 Å². The van der Waals surface area contributed by atoms with Gasteiger partial charge >= 0.3 is 0 Å². The van der Waals surface area contributed by atoms with Gasteiger partial charge in [-0.25, -0.2) is 8.42 Å². The molecule has 0 radical (unpaired) electrons. The summed E-state index contributed by atoms with van der Waals surface area (Å²) in [4.78, 5) is 14.9. The number of hydrogen-bond donors (Lipinski definition) is 0. The van der Waals surface area contributed by atoms with E-state index in [0.29, 0.717) is 30.0 Å². The Morgan fingerprint density at radius 2 is 1.81 bits per heavy atom. The minimum Gasteiger partial charge on any atom is -0.457 e. The summed E-state index contributed by atoms with van der Waals surface area (Å²) in [5, 5.41) is 0. The van der Waals surface area contributed by atoms with Crippen molar-refractivity contribution in [1.82, 2.24) is 4.90 Å². The van der Waals surface area contributed by atoms with E-state index in [9.17, 15) is 13.2 Å². The Balaban J connectivity index is 1.88. The number of benzene rings is 2. The lowest BCUT2D eigenvalue weighted by atomic mass is 10.1. The van der Waals surface area contributed by atoms with Gasteiger partial charge in [0.2, 0.25) is 0 Å². The lowest BCUT2D eigenvalue weighted by Gasteiger charge is -2.28. The minimum atomic E-state index is -3.06. The number of carbonyl (C=O) groups is 1. The molecule has 1 atom stereocenters. The fraction of sp³-hybridized carbons (Fsp3) is 0.350. The molecule has 1 saturated heterocycles. The molecule has 26 heavy (non-hydrogen) atoms. The van der Waals surface area contributed by atoms with Crippen molar-refractivity contribution >= 4 is 15.7 Å². The van der Waals surface area contributed by atoms with Gasteiger partial charge < -0.3 is 9.64 Å². The van der Waals surface area contributed by atoms with Gasteiger partial charge in [-0.2, -0.15) is 0 Å².